The third kappa shape index (κ3) is 7.17. The predicted octanol–water partition coefficient (Wildman–Crippen LogP) is 3.75. The van der Waals surface area contributed by atoms with Crippen LogP contribution >= 0.6 is 12.4 Å². The molecule has 0 bridgehead atoms. The first kappa shape index (κ1) is 21.7. The van der Waals surface area contributed by atoms with Crippen molar-refractivity contribution in [2.45, 2.75) is 64.3 Å². The van der Waals surface area contributed by atoms with Crippen LogP contribution in [0.1, 0.15) is 67.8 Å². The Hall–Kier alpha value is -1.39. The second-order valence-corrected chi connectivity index (χ2v) is 6.82. The number of hydrogen-bond donors (Lipinski definition) is 1. The molecule has 5 heteroatoms. The lowest BCUT2D eigenvalue weighted by Crippen LogP contribution is -2.45. The fourth-order valence-electron chi connectivity index (χ4n) is 3.20. The molecule has 0 aliphatic carbocycles. The van der Waals surface area contributed by atoms with Gasteiger partial charge in [0.05, 0.1) is 0 Å². The molecular formula is C20H31ClN2O2. The summed E-state index contributed by atoms with van der Waals surface area (Å²) in [7, 11) is 0. The molecule has 0 saturated carbocycles. The molecule has 1 aliphatic rings. The summed E-state index contributed by atoms with van der Waals surface area (Å²) in [5.41, 5.74) is 7.89. The van der Waals surface area contributed by atoms with Crippen molar-refractivity contribution in [1.82, 2.24) is 4.90 Å². The van der Waals surface area contributed by atoms with Crippen molar-refractivity contribution in [3.63, 3.8) is 0 Å². The number of benzene rings is 1. The summed E-state index contributed by atoms with van der Waals surface area (Å²) in [5.74, 6) is 0.0967. The van der Waals surface area contributed by atoms with Crippen LogP contribution in [-0.2, 0) is 11.2 Å². The maximum absolute atomic E-state index is 12.3. The molecule has 1 amide bonds. The van der Waals surface area contributed by atoms with Gasteiger partial charge in [-0.3, -0.25) is 9.59 Å². The fraction of sp³-hybridized carbons (Fsp3) is 0.600. The van der Waals surface area contributed by atoms with Crippen LogP contribution in [0.4, 0.5) is 0 Å². The third-order valence-corrected chi connectivity index (χ3v) is 4.72. The Morgan fingerprint density at radius 2 is 1.88 bits per heavy atom. The molecule has 1 unspecified atom stereocenters. The van der Waals surface area contributed by atoms with E-state index in [2.05, 4.69) is 6.92 Å². The van der Waals surface area contributed by atoms with Crippen molar-refractivity contribution in [1.29, 1.82) is 0 Å². The van der Waals surface area contributed by atoms with Crippen LogP contribution in [0.15, 0.2) is 24.3 Å². The summed E-state index contributed by atoms with van der Waals surface area (Å²) >= 11 is 0. The average molecular weight is 367 g/mol. The predicted molar refractivity (Wildman–Crippen MR) is 104 cm³/mol. The molecule has 4 nitrogen and oxygen atoms in total. The van der Waals surface area contributed by atoms with Gasteiger partial charge in [0.15, 0.2) is 5.78 Å². The molecule has 1 atom stereocenters. The van der Waals surface area contributed by atoms with Crippen molar-refractivity contribution in [2.75, 3.05) is 13.1 Å². The third-order valence-electron chi connectivity index (χ3n) is 4.72. The Balaban J connectivity index is 0.00000312. The van der Waals surface area contributed by atoms with Crippen LogP contribution in [0.25, 0.3) is 0 Å². The van der Waals surface area contributed by atoms with E-state index in [9.17, 15) is 9.59 Å². The summed E-state index contributed by atoms with van der Waals surface area (Å²) in [6.07, 6.45) is 7.21. The molecule has 1 heterocycles. The average Bonchev–Trinajstić information content (AvgIpc) is 2.60. The number of ketones is 1. The standard InChI is InChI=1S/C20H30N2O2.ClH/c1-2-3-4-6-16-8-10-17(11-9-16)19(23)12-13-20(24)22-14-5-7-18(21)15-22;/h8-11,18H,2-7,12-15,21H2,1H3;1H. The zero-order chi connectivity index (χ0) is 17.4. The van der Waals surface area contributed by atoms with E-state index in [1.54, 1.807) is 4.90 Å². The quantitative estimate of drug-likeness (QED) is 0.562. The molecule has 2 N–H and O–H groups in total. The van der Waals surface area contributed by atoms with Gasteiger partial charge in [0.25, 0.3) is 0 Å². The Morgan fingerprint density at radius 1 is 1.16 bits per heavy atom. The molecule has 25 heavy (non-hydrogen) atoms. The van der Waals surface area contributed by atoms with Gasteiger partial charge in [-0.15, -0.1) is 12.4 Å². The number of likely N-dealkylation sites (tertiary alicyclic amines) is 1. The first-order valence-corrected chi connectivity index (χ1v) is 9.25. The number of amides is 1. The van der Waals surface area contributed by atoms with E-state index in [1.165, 1.54) is 24.8 Å². The van der Waals surface area contributed by atoms with Crippen LogP contribution < -0.4 is 5.73 Å². The number of Topliss-reactive ketones (excluding diaryl/α,β-unsaturated/α-hetero) is 1. The highest BCUT2D eigenvalue weighted by molar-refractivity contribution is 5.98. The highest BCUT2D eigenvalue weighted by atomic mass is 35.5. The van der Waals surface area contributed by atoms with Gasteiger partial charge in [-0.05, 0) is 31.2 Å². The number of rotatable bonds is 8. The first-order valence-electron chi connectivity index (χ1n) is 9.25. The number of carbonyl (C=O) groups excluding carboxylic acids is 2. The number of halogens is 1. The topological polar surface area (TPSA) is 63.4 Å². The number of unbranched alkanes of at least 4 members (excludes halogenated alkanes) is 2. The minimum Gasteiger partial charge on any atom is -0.341 e. The molecule has 1 fully saturated rings. The monoisotopic (exact) mass is 366 g/mol. The zero-order valence-electron chi connectivity index (χ0n) is 15.2. The van der Waals surface area contributed by atoms with E-state index in [-0.39, 0.29) is 43.0 Å². The summed E-state index contributed by atoms with van der Waals surface area (Å²) in [6.45, 7) is 3.59. The SMILES string of the molecule is CCCCCc1ccc(C(=O)CCC(=O)N2CCCC(N)C2)cc1.Cl. The van der Waals surface area contributed by atoms with E-state index in [0.29, 0.717) is 12.1 Å². The van der Waals surface area contributed by atoms with E-state index >= 15 is 0 Å². The molecule has 0 aromatic heterocycles. The molecular weight excluding hydrogens is 336 g/mol. The second kappa shape index (κ2) is 11.3. The Bertz CT molecular complexity index is 545. The highest BCUT2D eigenvalue weighted by Crippen LogP contribution is 2.14. The van der Waals surface area contributed by atoms with Crippen molar-refractivity contribution in [2.24, 2.45) is 5.73 Å². The van der Waals surface area contributed by atoms with E-state index in [1.807, 2.05) is 24.3 Å². The number of nitrogens with two attached hydrogens (primary N) is 1. The summed E-state index contributed by atoms with van der Waals surface area (Å²) in [5, 5.41) is 0. The lowest BCUT2D eigenvalue weighted by Gasteiger charge is -2.30. The van der Waals surface area contributed by atoms with Crippen molar-refractivity contribution in [3.8, 4) is 0 Å². The van der Waals surface area contributed by atoms with Gasteiger partial charge < -0.3 is 10.6 Å². The molecule has 1 aliphatic heterocycles. The van der Waals surface area contributed by atoms with Crippen molar-refractivity contribution >= 4 is 24.1 Å². The van der Waals surface area contributed by atoms with E-state index < -0.39 is 0 Å². The molecule has 0 spiro atoms. The largest absolute Gasteiger partial charge is 0.341 e. The van der Waals surface area contributed by atoms with E-state index in [4.69, 9.17) is 5.73 Å². The van der Waals surface area contributed by atoms with Gasteiger partial charge in [-0.25, -0.2) is 0 Å². The number of aryl methyl sites for hydroxylation is 1. The van der Waals surface area contributed by atoms with Gasteiger partial charge in [0, 0.05) is 37.5 Å². The lowest BCUT2D eigenvalue weighted by atomic mass is 10.0. The van der Waals surface area contributed by atoms with Crippen molar-refractivity contribution in [3.05, 3.63) is 35.4 Å². The molecule has 0 radical (unpaired) electrons. The maximum atomic E-state index is 12.3. The molecule has 1 saturated heterocycles. The van der Waals surface area contributed by atoms with Gasteiger partial charge >= 0.3 is 0 Å². The highest BCUT2D eigenvalue weighted by Gasteiger charge is 2.21. The van der Waals surface area contributed by atoms with Crippen LogP contribution in [-0.4, -0.2) is 35.7 Å². The van der Waals surface area contributed by atoms with Gasteiger partial charge in [-0.2, -0.15) is 0 Å². The van der Waals surface area contributed by atoms with E-state index in [0.717, 1.165) is 25.8 Å². The summed E-state index contributed by atoms with van der Waals surface area (Å²) < 4.78 is 0. The first-order chi connectivity index (χ1) is 11.6. The maximum Gasteiger partial charge on any atom is 0.223 e. The van der Waals surface area contributed by atoms with Crippen molar-refractivity contribution < 1.29 is 9.59 Å². The van der Waals surface area contributed by atoms with Crippen LogP contribution in [0.2, 0.25) is 0 Å². The smallest absolute Gasteiger partial charge is 0.223 e. The number of hydrogen-bond acceptors (Lipinski definition) is 3. The van der Waals surface area contributed by atoms with Crippen LogP contribution in [0, 0.1) is 0 Å². The van der Waals surface area contributed by atoms with Crippen LogP contribution in [0.5, 0.6) is 0 Å². The zero-order valence-corrected chi connectivity index (χ0v) is 16.0. The molecule has 1 aromatic rings. The Kier molecular flexibility index (Phi) is 9.76. The molecule has 2 rings (SSSR count). The minimum absolute atomic E-state index is 0. The molecule has 1 aromatic carbocycles. The normalized spacial score (nSPS) is 17.0. The number of nitrogens with zero attached hydrogens (tertiary/aromatic N) is 1. The number of carbonyl (C=O) groups is 2. The Morgan fingerprint density at radius 3 is 2.52 bits per heavy atom. The lowest BCUT2D eigenvalue weighted by molar-refractivity contribution is -0.132. The molecule has 140 valence electrons. The Labute approximate surface area is 157 Å². The van der Waals surface area contributed by atoms with Crippen LogP contribution in [0.3, 0.4) is 0 Å². The number of piperidine rings is 1. The van der Waals surface area contributed by atoms with Gasteiger partial charge in [0.1, 0.15) is 0 Å². The fourth-order valence-corrected chi connectivity index (χ4v) is 3.20. The van der Waals surface area contributed by atoms with Gasteiger partial charge in [0.2, 0.25) is 5.91 Å². The second-order valence-electron chi connectivity index (χ2n) is 6.82. The minimum atomic E-state index is 0. The summed E-state index contributed by atoms with van der Waals surface area (Å²) in [6, 6.07) is 7.94. The summed E-state index contributed by atoms with van der Waals surface area (Å²) in [4.78, 5) is 26.3. The van der Waals surface area contributed by atoms with Gasteiger partial charge in [-0.1, -0.05) is 44.0 Å².